The normalized spacial score (nSPS) is 15.8. The van der Waals surface area contributed by atoms with Crippen LogP contribution in [-0.2, 0) is 14.8 Å². The monoisotopic (exact) mass is 313 g/mol. The van der Waals surface area contributed by atoms with Gasteiger partial charge in [0.25, 0.3) is 10.0 Å². The second-order valence-electron chi connectivity index (χ2n) is 4.42. The lowest BCUT2D eigenvalue weighted by atomic mass is 10.1. The number of rotatable bonds is 2. The van der Waals surface area contributed by atoms with Crippen molar-refractivity contribution in [1.82, 2.24) is 5.32 Å². The molecule has 1 heterocycles. The lowest BCUT2D eigenvalue weighted by Gasteiger charge is -2.19. The molecular weight excluding hydrogens is 298 g/mol. The molecule has 0 fully saturated rings. The Morgan fingerprint density at radius 3 is 2.75 bits per heavy atom. The van der Waals surface area contributed by atoms with E-state index in [9.17, 15) is 13.2 Å². The van der Waals surface area contributed by atoms with Gasteiger partial charge in [0.1, 0.15) is 4.90 Å². The number of hydrogen-bond acceptors (Lipinski definition) is 5. The Balaban J connectivity index is 2.35. The number of hydrogen-bond donors (Lipinski definition) is 2. The molecule has 1 aromatic carbocycles. The third-order valence-electron chi connectivity index (χ3n) is 2.74. The maximum atomic E-state index is 12.2. The van der Waals surface area contributed by atoms with Gasteiger partial charge in [0.2, 0.25) is 5.91 Å². The molecule has 0 aromatic heterocycles. The van der Waals surface area contributed by atoms with E-state index in [4.69, 9.17) is 0 Å². The minimum Gasteiger partial charge on any atom is -0.358 e. The molecule has 6 nitrogen and oxygen atoms in total. The molecule has 1 aliphatic heterocycles. The molecule has 108 valence electrons. The Bertz CT molecular complexity index is 696. The number of carbonyl (C=O) groups excluding carboxylic acids is 1. The van der Waals surface area contributed by atoms with E-state index in [-0.39, 0.29) is 21.7 Å². The topological polar surface area (TPSA) is 87.6 Å². The van der Waals surface area contributed by atoms with Crippen LogP contribution in [0, 0.1) is 13.8 Å². The standard InChI is InChI=1S/C12H15N3O3S2/c1-7-4-8(2)11-9(5-7)14-12(15-20(11,17)18)19-6-10(16)13-3/h4-5H,6H2,1-3H3,(H,13,16)(H,14,15). The Morgan fingerprint density at radius 2 is 2.10 bits per heavy atom. The lowest BCUT2D eigenvalue weighted by Crippen LogP contribution is -2.24. The van der Waals surface area contributed by atoms with Gasteiger partial charge in [-0.15, -0.1) is 4.40 Å². The van der Waals surface area contributed by atoms with E-state index in [0.717, 1.165) is 17.3 Å². The fraction of sp³-hybridized carbons (Fsp3) is 0.333. The molecule has 0 saturated heterocycles. The van der Waals surface area contributed by atoms with E-state index >= 15 is 0 Å². The third-order valence-corrected chi connectivity index (χ3v) is 5.21. The summed E-state index contributed by atoms with van der Waals surface area (Å²) >= 11 is 1.06. The molecule has 0 saturated carbocycles. The first-order chi connectivity index (χ1) is 9.33. The largest absolute Gasteiger partial charge is 0.358 e. The molecule has 0 radical (unpaired) electrons. The number of amidine groups is 1. The molecule has 0 aliphatic carbocycles. The highest BCUT2D eigenvalue weighted by molar-refractivity contribution is 8.15. The fourth-order valence-corrected chi connectivity index (χ4v) is 4.26. The zero-order valence-electron chi connectivity index (χ0n) is 11.4. The van der Waals surface area contributed by atoms with Crippen LogP contribution in [0.3, 0.4) is 0 Å². The number of thioether (sulfide) groups is 1. The number of aryl methyl sites for hydroxylation is 2. The van der Waals surface area contributed by atoms with Crippen LogP contribution in [0.2, 0.25) is 0 Å². The number of amides is 1. The van der Waals surface area contributed by atoms with Crippen molar-refractivity contribution in [3.05, 3.63) is 23.3 Å². The van der Waals surface area contributed by atoms with Gasteiger partial charge < -0.3 is 10.6 Å². The summed E-state index contributed by atoms with van der Waals surface area (Å²) in [7, 11) is -2.19. The van der Waals surface area contributed by atoms with E-state index in [2.05, 4.69) is 15.0 Å². The van der Waals surface area contributed by atoms with Gasteiger partial charge in [-0.25, -0.2) is 0 Å². The number of nitrogens with one attached hydrogen (secondary N) is 2. The smallest absolute Gasteiger partial charge is 0.287 e. The first kappa shape index (κ1) is 14.9. The van der Waals surface area contributed by atoms with E-state index in [1.54, 1.807) is 19.1 Å². The zero-order chi connectivity index (χ0) is 14.9. The van der Waals surface area contributed by atoms with Crippen LogP contribution >= 0.6 is 11.8 Å². The number of sulfonamides is 1. The Kier molecular flexibility index (Phi) is 4.05. The SMILES string of the molecule is CNC(=O)CSC1=NS(=O)(=O)c2c(C)cc(C)cc2N1. The van der Waals surface area contributed by atoms with E-state index in [1.807, 2.05) is 6.92 Å². The maximum absolute atomic E-state index is 12.2. The number of carbonyl (C=O) groups is 1. The Labute approximate surface area is 122 Å². The molecule has 20 heavy (non-hydrogen) atoms. The van der Waals surface area contributed by atoms with E-state index in [1.165, 1.54) is 7.05 Å². The van der Waals surface area contributed by atoms with Gasteiger partial charge in [-0.1, -0.05) is 17.8 Å². The second kappa shape index (κ2) is 5.45. The summed E-state index contributed by atoms with van der Waals surface area (Å²) in [5.74, 6) is -0.0824. The minimum atomic E-state index is -3.72. The van der Waals surface area contributed by atoms with Crippen molar-refractivity contribution in [2.45, 2.75) is 18.7 Å². The highest BCUT2D eigenvalue weighted by Gasteiger charge is 2.27. The first-order valence-corrected chi connectivity index (χ1v) is 8.32. The van der Waals surface area contributed by atoms with Crippen LogP contribution in [0.4, 0.5) is 5.69 Å². The summed E-state index contributed by atoms with van der Waals surface area (Å²) in [5.41, 5.74) is 2.13. The molecule has 2 N–H and O–H groups in total. The van der Waals surface area contributed by atoms with Crippen LogP contribution in [0.1, 0.15) is 11.1 Å². The van der Waals surface area contributed by atoms with Gasteiger partial charge in [-0.3, -0.25) is 4.79 Å². The molecule has 8 heteroatoms. The van der Waals surface area contributed by atoms with Crippen LogP contribution in [-0.4, -0.2) is 32.3 Å². The quantitative estimate of drug-likeness (QED) is 0.858. The predicted molar refractivity (Wildman–Crippen MR) is 80.7 cm³/mol. The maximum Gasteiger partial charge on any atom is 0.287 e. The number of anilines is 1. The molecule has 1 aliphatic rings. The molecule has 0 atom stereocenters. The highest BCUT2D eigenvalue weighted by Crippen LogP contribution is 2.33. The molecule has 1 amide bonds. The van der Waals surface area contributed by atoms with Crippen LogP contribution in [0.25, 0.3) is 0 Å². The van der Waals surface area contributed by atoms with Gasteiger partial charge in [0.15, 0.2) is 5.17 Å². The van der Waals surface area contributed by atoms with Gasteiger partial charge in [-0.2, -0.15) is 8.42 Å². The summed E-state index contributed by atoms with van der Waals surface area (Å²) < 4.78 is 28.1. The molecule has 2 rings (SSSR count). The lowest BCUT2D eigenvalue weighted by molar-refractivity contribution is -0.118. The van der Waals surface area contributed by atoms with Crippen molar-refractivity contribution in [2.75, 3.05) is 18.1 Å². The summed E-state index contributed by atoms with van der Waals surface area (Å²) in [4.78, 5) is 11.4. The summed E-state index contributed by atoms with van der Waals surface area (Å²) in [6.45, 7) is 3.63. The van der Waals surface area contributed by atoms with Crippen LogP contribution < -0.4 is 10.6 Å². The Hall–Kier alpha value is -1.54. The average Bonchev–Trinajstić information content (AvgIpc) is 2.33. The second-order valence-corrected chi connectivity index (χ2v) is 6.92. The first-order valence-electron chi connectivity index (χ1n) is 5.90. The molecular formula is C12H15N3O3S2. The van der Waals surface area contributed by atoms with Gasteiger partial charge in [0.05, 0.1) is 11.4 Å². The minimum absolute atomic E-state index is 0.109. The summed E-state index contributed by atoms with van der Waals surface area (Å²) in [6.07, 6.45) is 0. The number of nitrogens with zero attached hydrogens (tertiary/aromatic N) is 1. The van der Waals surface area contributed by atoms with Gasteiger partial charge in [0, 0.05) is 7.05 Å². The van der Waals surface area contributed by atoms with Crippen molar-refractivity contribution in [1.29, 1.82) is 0 Å². The average molecular weight is 313 g/mol. The molecule has 0 unspecified atom stereocenters. The Morgan fingerprint density at radius 1 is 1.40 bits per heavy atom. The highest BCUT2D eigenvalue weighted by atomic mass is 32.2. The van der Waals surface area contributed by atoms with Crippen LogP contribution in [0.15, 0.2) is 21.4 Å². The number of fused-ring (bicyclic) bond motifs is 1. The fourth-order valence-electron chi connectivity index (χ4n) is 1.95. The van der Waals surface area contributed by atoms with Crippen molar-refractivity contribution >= 4 is 38.5 Å². The van der Waals surface area contributed by atoms with E-state index < -0.39 is 10.0 Å². The summed E-state index contributed by atoms with van der Waals surface area (Å²) in [6, 6.07) is 3.56. The van der Waals surface area contributed by atoms with Crippen molar-refractivity contribution in [3.8, 4) is 0 Å². The van der Waals surface area contributed by atoms with Gasteiger partial charge >= 0.3 is 0 Å². The van der Waals surface area contributed by atoms with Gasteiger partial charge in [-0.05, 0) is 31.0 Å². The third kappa shape index (κ3) is 2.96. The van der Waals surface area contributed by atoms with E-state index in [0.29, 0.717) is 11.3 Å². The number of benzene rings is 1. The van der Waals surface area contributed by atoms with Crippen molar-refractivity contribution in [2.24, 2.45) is 4.40 Å². The molecule has 0 spiro atoms. The molecule has 0 bridgehead atoms. The van der Waals surface area contributed by atoms with Crippen molar-refractivity contribution < 1.29 is 13.2 Å². The predicted octanol–water partition coefficient (Wildman–Crippen LogP) is 1.25. The van der Waals surface area contributed by atoms with Crippen molar-refractivity contribution in [3.63, 3.8) is 0 Å². The summed E-state index contributed by atoms with van der Waals surface area (Å²) in [5, 5.41) is 5.65. The molecule has 1 aromatic rings. The van der Waals surface area contributed by atoms with Crippen LogP contribution in [0.5, 0.6) is 0 Å². The zero-order valence-corrected chi connectivity index (χ0v) is 13.0.